The Morgan fingerprint density at radius 3 is 2.42 bits per heavy atom. The van der Waals surface area contributed by atoms with Gasteiger partial charge in [-0.3, -0.25) is 0 Å². The van der Waals surface area contributed by atoms with Crippen LogP contribution in [0.25, 0.3) is 0 Å². The largest absolute Gasteiger partial charge is 0.490 e. The lowest BCUT2D eigenvalue weighted by atomic mass is 10.1. The first-order chi connectivity index (χ1) is 11.5. The zero-order valence-corrected chi connectivity index (χ0v) is 17.0. The van der Waals surface area contributed by atoms with E-state index >= 15 is 0 Å². The van der Waals surface area contributed by atoms with E-state index in [1.165, 1.54) is 11.1 Å². The van der Waals surface area contributed by atoms with Crippen LogP contribution in [0.15, 0.2) is 42.5 Å². The molecule has 2 N–H and O–H groups in total. The van der Waals surface area contributed by atoms with Crippen LogP contribution in [-0.2, 0) is 6.54 Å². The molecule has 0 bridgehead atoms. The third-order valence-corrected chi connectivity index (χ3v) is 4.56. The zero-order valence-electron chi connectivity index (χ0n) is 14.9. The number of hydrogen-bond acceptors (Lipinski definition) is 2. The molecule has 0 saturated carbocycles. The van der Waals surface area contributed by atoms with Crippen LogP contribution in [0.3, 0.4) is 0 Å². The van der Waals surface area contributed by atoms with E-state index in [2.05, 4.69) is 77.3 Å². The molecule has 130 valence electrons. The number of hydrogen-bond donors (Lipinski definition) is 1. The average Bonchev–Trinajstić information content (AvgIpc) is 2.56. The summed E-state index contributed by atoms with van der Waals surface area (Å²) >= 11 is 2.33. The molecule has 0 radical (unpaired) electrons. The summed E-state index contributed by atoms with van der Waals surface area (Å²) in [5.41, 5.74) is 2.60. The van der Waals surface area contributed by atoms with Gasteiger partial charge in [0.25, 0.3) is 0 Å². The van der Waals surface area contributed by atoms with Gasteiger partial charge < -0.3 is 14.8 Å². The van der Waals surface area contributed by atoms with E-state index in [4.69, 9.17) is 9.47 Å². The van der Waals surface area contributed by atoms with Crippen LogP contribution in [0, 0.1) is 3.57 Å². The monoisotopic (exact) mass is 440 g/mol. The Morgan fingerprint density at radius 1 is 1.08 bits per heavy atom. The van der Waals surface area contributed by atoms with Gasteiger partial charge >= 0.3 is 0 Å². The highest BCUT2D eigenvalue weighted by Crippen LogP contribution is 2.34. The lowest BCUT2D eigenvalue weighted by Gasteiger charge is -2.18. The summed E-state index contributed by atoms with van der Waals surface area (Å²) in [6.45, 7) is 9.86. The van der Waals surface area contributed by atoms with Gasteiger partial charge in [-0.05, 0) is 62.4 Å². The molecule has 2 aromatic rings. The second-order valence-electron chi connectivity index (χ2n) is 6.14. The molecule has 2 rings (SSSR count). The van der Waals surface area contributed by atoms with Crippen LogP contribution in [0.5, 0.6) is 11.5 Å². The predicted octanol–water partition coefficient (Wildman–Crippen LogP) is 4.30. The minimum absolute atomic E-state index is 0.133. The zero-order chi connectivity index (χ0) is 17.5. The van der Waals surface area contributed by atoms with Gasteiger partial charge in [0.15, 0.2) is 11.5 Å². The summed E-state index contributed by atoms with van der Waals surface area (Å²) in [4.78, 5) is 0. The van der Waals surface area contributed by atoms with Crippen molar-refractivity contribution in [2.45, 2.75) is 46.4 Å². The van der Waals surface area contributed by atoms with Crippen molar-refractivity contribution >= 4 is 22.6 Å². The number of rotatable bonds is 8. The van der Waals surface area contributed by atoms with Gasteiger partial charge in [0.05, 0.1) is 16.3 Å². The minimum Gasteiger partial charge on any atom is -0.490 e. The molecule has 0 unspecified atom stereocenters. The summed E-state index contributed by atoms with van der Waals surface area (Å²) in [7, 11) is 0. The van der Waals surface area contributed by atoms with E-state index in [0.29, 0.717) is 12.6 Å². The second-order valence-corrected chi connectivity index (χ2v) is 7.31. The molecule has 2 aromatic carbocycles. The van der Waals surface area contributed by atoms with Gasteiger partial charge in [0.1, 0.15) is 12.6 Å². The smallest absolute Gasteiger partial charge is 0.174 e. The van der Waals surface area contributed by atoms with Crippen molar-refractivity contribution in [2.75, 3.05) is 6.61 Å². The van der Waals surface area contributed by atoms with Crippen LogP contribution in [0.2, 0.25) is 0 Å². The maximum Gasteiger partial charge on any atom is 0.174 e. The molecule has 0 amide bonds. The first kappa shape index (κ1) is 19.1. The second kappa shape index (κ2) is 9.28. The lowest BCUT2D eigenvalue weighted by Crippen LogP contribution is -2.83. The van der Waals surface area contributed by atoms with Gasteiger partial charge in [-0.15, -0.1) is 0 Å². The van der Waals surface area contributed by atoms with Crippen molar-refractivity contribution in [3.05, 3.63) is 57.2 Å². The Kier molecular flexibility index (Phi) is 7.37. The molecule has 0 saturated heterocycles. The van der Waals surface area contributed by atoms with Crippen LogP contribution >= 0.6 is 22.6 Å². The summed E-state index contributed by atoms with van der Waals surface area (Å²) < 4.78 is 12.8. The number of halogens is 1. The van der Waals surface area contributed by atoms with E-state index < -0.39 is 0 Å². The van der Waals surface area contributed by atoms with Crippen molar-refractivity contribution in [3.8, 4) is 11.5 Å². The van der Waals surface area contributed by atoms with E-state index in [1.54, 1.807) is 0 Å². The quantitative estimate of drug-likeness (QED) is 0.622. The van der Waals surface area contributed by atoms with E-state index in [0.717, 1.165) is 21.6 Å². The number of benzene rings is 2. The molecule has 0 heterocycles. The Bertz CT molecular complexity index is 644. The van der Waals surface area contributed by atoms with Gasteiger partial charge in [0, 0.05) is 11.1 Å². The molecule has 0 aliphatic heterocycles. The van der Waals surface area contributed by atoms with Crippen molar-refractivity contribution < 1.29 is 14.8 Å². The minimum atomic E-state index is 0.133. The first-order valence-electron chi connectivity index (χ1n) is 8.51. The summed E-state index contributed by atoms with van der Waals surface area (Å²) in [6.07, 6.45) is 0.133. The Morgan fingerprint density at radius 2 is 1.79 bits per heavy atom. The molecule has 0 aliphatic carbocycles. The highest BCUT2D eigenvalue weighted by atomic mass is 127. The molecular formula is C20H27INO2+. The molecule has 1 atom stereocenters. The predicted molar refractivity (Wildman–Crippen MR) is 107 cm³/mol. The van der Waals surface area contributed by atoms with E-state index in [-0.39, 0.29) is 6.10 Å². The van der Waals surface area contributed by atoms with Gasteiger partial charge in [0.2, 0.25) is 0 Å². The third-order valence-electron chi connectivity index (χ3n) is 3.76. The van der Waals surface area contributed by atoms with Crippen molar-refractivity contribution in [2.24, 2.45) is 0 Å². The summed E-state index contributed by atoms with van der Waals surface area (Å²) in [5, 5.41) is 2.35. The highest BCUT2D eigenvalue weighted by Gasteiger charge is 2.15. The van der Waals surface area contributed by atoms with Crippen LogP contribution in [-0.4, -0.2) is 12.7 Å². The molecule has 3 nitrogen and oxygen atoms in total. The Hall–Kier alpha value is -1.27. The van der Waals surface area contributed by atoms with Crippen LogP contribution in [0.1, 0.15) is 44.9 Å². The summed E-state index contributed by atoms with van der Waals surface area (Å²) in [5.74, 6) is 1.70. The van der Waals surface area contributed by atoms with E-state index in [9.17, 15) is 0 Å². The molecule has 0 spiro atoms. The fourth-order valence-corrected chi connectivity index (χ4v) is 3.35. The molecule has 4 heteroatoms. The normalized spacial score (nSPS) is 12.2. The fourth-order valence-electron chi connectivity index (χ4n) is 2.56. The molecule has 24 heavy (non-hydrogen) atoms. The van der Waals surface area contributed by atoms with Gasteiger partial charge in [-0.25, -0.2) is 0 Å². The fraction of sp³-hybridized carbons (Fsp3) is 0.400. The highest BCUT2D eigenvalue weighted by molar-refractivity contribution is 14.1. The maximum absolute atomic E-state index is 5.94. The van der Waals surface area contributed by atoms with Gasteiger partial charge in [-0.2, -0.15) is 0 Å². The summed E-state index contributed by atoms with van der Waals surface area (Å²) in [6, 6.07) is 15.3. The van der Waals surface area contributed by atoms with Crippen molar-refractivity contribution in [1.82, 2.24) is 0 Å². The number of quaternary nitrogens is 1. The SMILES string of the molecule is CCOc1cc(C[NH2+][C@H](C)c2ccccc2)cc(I)c1OC(C)C. The Labute approximate surface area is 158 Å². The molecular weight excluding hydrogens is 413 g/mol. The van der Waals surface area contributed by atoms with Crippen LogP contribution in [0.4, 0.5) is 0 Å². The van der Waals surface area contributed by atoms with Crippen molar-refractivity contribution in [3.63, 3.8) is 0 Å². The van der Waals surface area contributed by atoms with Crippen molar-refractivity contribution in [1.29, 1.82) is 0 Å². The number of nitrogens with two attached hydrogens (primary N) is 1. The maximum atomic E-state index is 5.94. The third kappa shape index (κ3) is 5.38. The molecule has 0 aliphatic rings. The lowest BCUT2D eigenvalue weighted by molar-refractivity contribution is -0.707. The number of ether oxygens (including phenoxy) is 2. The standard InChI is InChI=1S/C20H26INO2/c1-5-23-19-12-16(11-18(21)20(19)24-14(2)3)13-22-15(4)17-9-7-6-8-10-17/h6-12,14-15,22H,5,13H2,1-4H3/p+1/t15-/m1/s1. The van der Waals surface area contributed by atoms with Gasteiger partial charge in [-0.1, -0.05) is 30.3 Å². The molecule has 0 fully saturated rings. The molecule has 0 aromatic heterocycles. The van der Waals surface area contributed by atoms with Crippen LogP contribution < -0.4 is 14.8 Å². The van der Waals surface area contributed by atoms with E-state index in [1.807, 2.05) is 20.8 Å². The Balaban J connectivity index is 2.12. The average molecular weight is 440 g/mol. The topological polar surface area (TPSA) is 35.1 Å². The first-order valence-corrected chi connectivity index (χ1v) is 9.59.